The van der Waals surface area contributed by atoms with Gasteiger partial charge in [-0.1, -0.05) is 66.5 Å². The molecule has 10 nitrogen and oxygen atoms in total. The van der Waals surface area contributed by atoms with E-state index in [0.717, 1.165) is 25.6 Å². The molecule has 0 aromatic heterocycles. The molecule has 11 heteroatoms. The summed E-state index contributed by atoms with van der Waals surface area (Å²) in [6, 6.07) is 0. The van der Waals surface area contributed by atoms with Gasteiger partial charge in [0.15, 0.2) is 0 Å². The van der Waals surface area contributed by atoms with E-state index in [1.165, 1.54) is 18.4 Å². The fourth-order valence-corrected chi connectivity index (χ4v) is 2.59. The molecule has 0 saturated carbocycles. The molecule has 0 unspecified atom stereocenters. The Hall–Kier alpha value is -1.67. The molecule has 0 amide bonds. The van der Waals surface area contributed by atoms with Gasteiger partial charge in [0.05, 0.1) is 0 Å². The molecule has 1 fully saturated rings. The van der Waals surface area contributed by atoms with Crippen LogP contribution in [-0.4, -0.2) is 40.2 Å². The first-order chi connectivity index (χ1) is 12.7. The van der Waals surface area contributed by atoms with E-state index in [9.17, 15) is 0 Å². The van der Waals surface area contributed by atoms with Crippen molar-refractivity contribution >= 4 is 0 Å². The summed E-state index contributed by atoms with van der Waals surface area (Å²) < 4.78 is 0. The standard InChI is InChI=1S/C9H18N.C9H14N.2HNO3.Pt/c2*1-9(2,3)8-4-6-10-7-5-8;2*2-1(3)4;/h8H,4-7H2,1-3H3;4-6H,7H2,1-3H3;2*(H,2,3,4);/q2*-1;;;+2. The summed E-state index contributed by atoms with van der Waals surface area (Å²) in [6.07, 6.45) is 8.77. The third-order valence-corrected chi connectivity index (χ3v) is 4.14. The molecule has 0 aliphatic carbocycles. The average molecular weight is 598 g/mol. The van der Waals surface area contributed by atoms with Gasteiger partial charge in [-0.2, -0.15) is 6.20 Å². The molecular formula is C18H34N4O6Pt. The summed E-state index contributed by atoms with van der Waals surface area (Å²) in [5.41, 5.74) is 2.19. The topological polar surface area (TPSA) is 155 Å². The second-order valence-corrected chi connectivity index (χ2v) is 8.38. The summed E-state index contributed by atoms with van der Waals surface area (Å²) in [6.45, 7) is 16.7. The summed E-state index contributed by atoms with van der Waals surface area (Å²) in [5.74, 6) is 0.907. The molecule has 0 radical (unpaired) electrons. The molecule has 172 valence electrons. The first-order valence-electron chi connectivity index (χ1n) is 9.01. The van der Waals surface area contributed by atoms with Crippen LogP contribution in [-0.2, 0) is 21.1 Å². The summed E-state index contributed by atoms with van der Waals surface area (Å²) in [7, 11) is 0. The molecule has 0 spiro atoms. The van der Waals surface area contributed by atoms with Crippen molar-refractivity contribution in [2.75, 3.05) is 19.6 Å². The van der Waals surface area contributed by atoms with Crippen LogP contribution in [0.2, 0.25) is 0 Å². The van der Waals surface area contributed by atoms with Crippen LogP contribution in [0.5, 0.6) is 0 Å². The molecule has 0 atom stereocenters. The van der Waals surface area contributed by atoms with Crippen molar-refractivity contribution < 1.29 is 41.7 Å². The van der Waals surface area contributed by atoms with Gasteiger partial charge >= 0.3 is 21.1 Å². The zero-order chi connectivity index (χ0) is 22.4. The second kappa shape index (κ2) is 16.2. The number of rotatable bonds is 0. The maximum Gasteiger partial charge on any atom is 2.00 e. The number of piperidine rings is 1. The minimum Gasteiger partial charge on any atom is -0.687 e. The van der Waals surface area contributed by atoms with Gasteiger partial charge in [0.25, 0.3) is 10.2 Å². The Kier molecular flexibility index (Phi) is 17.8. The smallest absolute Gasteiger partial charge is 0.687 e. The SMILES string of the molecule is CC(C)(C)C1=CC[N-]C=C1.CC(C)(C)C1CC[N-]CC1.O=[N+]([O-])O.O=[N+]([O-])O.[Pt+2]. The van der Waals surface area contributed by atoms with E-state index in [-0.39, 0.29) is 26.5 Å². The fraction of sp³-hybridized carbons (Fsp3) is 0.778. The molecule has 29 heavy (non-hydrogen) atoms. The summed E-state index contributed by atoms with van der Waals surface area (Å²) in [5, 5.41) is 35.7. The first-order valence-corrected chi connectivity index (χ1v) is 9.01. The second-order valence-electron chi connectivity index (χ2n) is 8.38. The Labute approximate surface area is 187 Å². The fourth-order valence-electron chi connectivity index (χ4n) is 2.59. The number of allylic oxidation sites excluding steroid dienone is 2. The van der Waals surface area contributed by atoms with Gasteiger partial charge in [0, 0.05) is 0 Å². The van der Waals surface area contributed by atoms with Crippen molar-refractivity contribution in [1.29, 1.82) is 0 Å². The summed E-state index contributed by atoms with van der Waals surface area (Å²) >= 11 is 0. The van der Waals surface area contributed by atoms with E-state index >= 15 is 0 Å². The zero-order valence-electron chi connectivity index (χ0n) is 18.0. The molecule has 2 aliphatic heterocycles. The van der Waals surface area contributed by atoms with Gasteiger partial charge in [-0.15, -0.1) is 39.9 Å². The molecule has 2 N–H and O–H groups in total. The molecule has 0 aromatic carbocycles. The van der Waals surface area contributed by atoms with E-state index in [4.69, 9.17) is 30.6 Å². The zero-order valence-corrected chi connectivity index (χ0v) is 20.2. The molecule has 2 rings (SSSR count). The van der Waals surface area contributed by atoms with Crippen LogP contribution in [0.4, 0.5) is 0 Å². The molecule has 0 bridgehead atoms. The van der Waals surface area contributed by atoms with Crippen molar-refractivity contribution in [3.8, 4) is 0 Å². The number of hydrogen-bond donors (Lipinski definition) is 2. The third-order valence-electron chi connectivity index (χ3n) is 4.14. The van der Waals surface area contributed by atoms with Crippen LogP contribution < -0.4 is 0 Å². The van der Waals surface area contributed by atoms with Gasteiger partial charge in [0.2, 0.25) is 0 Å². The largest absolute Gasteiger partial charge is 2.00 e. The third kappa shape index (κ3) is 22.5. The van der Waals surface area contributed by atoms with Crippen molar-refractivity contribution in [1.82, 2.24) is 0 Å². The van der Waals surface area contributed by atoms with E-state index < -0.39 is 10.2 Å². The predicted molar refractivity (Wildman–Crippen MR) is 108 cm³/mol. The Morgan fingerprint density at radius 2 is 1.41 bits per heavy atom. The molecule has 0 aromatic rings. The van der Waals surface area contributed by atoms with Crippen LogP contribution in [0.15, 0.2) is 23.9 Å². The average Bonchev–Trinajstić information content (AvgIpc) is 2.54. The quantitative estimate of drug-likeness (QED) is 0.297. The Morgan fingerprint density at radius 1 is 1.00 bits per heavy atom. The van der Waals surface area contributed by atoms with Gasteiger partial charge in [-0.3, -0.25) is 0 Å². The number of nitrogens with zero attached hydrogens (tertiary/aromatic N) is 4. The van der Waals surface area contributed by atoms with E-state index in [2.05, 4.69) is 64.3 Å². The molecule has 2 aliphatic rings. The van der Waals surface area contributed by atoms with Crippen LogP contribution in [0.1, 0.15) is 54.4 Å². The Balaban J connectivity index is -0.000000336. The Bertz CT molecular complexity index is 501. The van der Waals surface area contributed by atoms with Crippen LogP contribution in [0.25, 0.3) is 10.6 Å². The van der Waals surface area contributed by atoms with Crippen molar-refractivity contribution in [2.45, 2.75) is 54.4 Å². The molecular weight excluding hydrogens is 563 g/mol. The van der Waals surface area contributed by atoms with Crippen molar-refractivity contribution in [2.24, 2.45) is 16.7 Å². The van der Waals surface area contributed by atoms with Crippen LogP contribution in [0.3, 0.4) is 0 Å². The van der Waals surface area contributed by atoms with E-state index in [1.807, 2.05) is 6.20 Å². The predicted octanol–water partition coefficient (Wildman–Crippen LogP) is 4.98. The van der Waals surface area contributed by atoms with Gasteiger partial charge in [-0.05, 0) is 22.3 Å². The maximum absolute atomic E-state index is 8.36. The van der Waals surface area contributed by atoms with Crippen LogP contribution >= 0.6 is 0 Å². The Morgan fingerprint density at radius 3 is 1.62 bits per heavy atom. The number of hydrogen-bond acceptors (Lipinski definition) is 4. The van der Waals surface area contributed by atoms with Gasteiger partial charge in [-0.25, -0.2) is 0 Å². The monoisotopic (exact) mass is 597 g/mol. The first kappa shape index (κ1) is 32.0. The van der Waals surface area contributed by atoms with E-state index in [0.29, 0.717) is 5.41 Å². The normalized spacial score (nSPS) is 15.9. The maximum atomic E-state index is 8.36. The van der Waals surface area contributed by atoms with Gasteiger partial charge in [0.1, 0.15) is 0 Å². The minimum absolute atomic E-state index is 0. The molecule has 1 saturated heterocycles. The van der Waals surface area contributed by atoms with Crippen LogP contribution in [0, 0.1) is 37.0 Å². The van der Waals surface area contributed by atoms with Gasteiger partial charge < -0.3 is 21.0 Å². The van der Waals surface area contributed by atoms with Crippen molar-refractivity contribution in [3.63, 3.8) is 0 Å². The minimum atomic E-state index is -1.50. The van der Waals surface area contributed by atoms with E-state index in [1.54, 1.807) is 0 Å². The molecule has 2 heterocycles. The summed E-state index contributed by atoms with van der Waals surface area (Å²) in [4.78, 5) is 16.7. The van der Waals surface area contributed by atoms with Crippen molar-refractivity contribution in [3.05, 3.63) is 54.8 Å².